The van der Waals surface area contributed by atoms with Crippen molar-refractivity contribution in [2.75, 3.05) is 6.61 Å². The first-order valence-electron chi connectivity index (χ1n) is 6.41. The zero-order chi connectivity index (χ0) is 20.9. The van der Waals surface area contributed by atoms with Crippen LogP contribution in [0.3, 0.4) is 0 Å². The summed E-state index contributed by atoms with van der Waals surface area (Å²) in [4.78, 5) is 0. The molecule has 0 bridgehead atoms. The zero-order valence-corrected chi connectivity index (χ0v) is 13.2. The summed E-state index contributed by atoms with van der Waals surface area (Å²) in [5.74, 6) is 0. The van der Waals surface area contributed by atoms with Gasteiger partial charge in [-0.15, -0.1) is 0 Å². The fraction of sp³-hybridized carbons (Fsp3) is 1.00. The zero-order valence-electron chi connectivity index (χ0n) is 13.2. The molecule has 2 unspecified atom stereocenters. The smallest absolute Gasteiger partial charge is 0.393 e. The Kier molecular flexibility index (Phi) is 5.89. The molecule has 0 fully saturated rings. The van der Waals surface area contributed by atoms with Crippen LogP contribution in [0.2, 0.25) is 0 Å². The molecule has 0 rings (SSSR count). The van der Waals surface area contributed by atoms with Gasteiger partial charge in [-0.1, -0.05) is 0 Å². The van der Waals surface area contributed by atoms with Crippen LogP contribution < -0.4 is 0 Å². The van der Waals surface area contributed by atoms with Crippen LogP contribution in [0.1, 0.15) is 27.7 Å². The monoisotopic (exact) mass is 400 g/mol. The lowest BCUT2D eigenvalue weighted by atomic mass is 9.84. The molecule has 152 valence electrons. The molecule has 0 spiro atoms. The maximum atomic E-state index is 14.1. The highest BCUT2D eigenvalue weighted by atomic mass is 19.4. The van der Waals surface area contributed by atoms with Gasteiger partial charge in [0.15, 0.2) is 5.67 Å². The summed E-state index contributed by atoms with van der Waals surface area (Å²) in [6.45, 7) is -3.20. The Hall–Kier alpha value is -0.850. The Bertz CT molecular complexity index is 461. The second-order valence-corrected chi connectivity index (χ2v) is 6.21. The van der Waals surface area contributed by atoms with Gasteiger partial charge in [0.05, 0.1) is 6.61 Å². The molecule has 0 amide bonds. The van der Waals surface area contributed by atoms with E-state index in [1.54, 1.807) is 0 Å². The number of aliphatic hydroxyl groups is 1. The lowest BCUT2D eigenvalue weighted by Gasteiger charge is -2.46. The van der Waals surface area contributed by atoms with Crippen LogP contribution in [0.15, 0.2) is 0 Å². The van der Waals surface area contributed by atoms with Gasteiger partial charge in [0, 0.05) is 0 Å². The predicted octanol–water partition coefficient (Wildman–Crippen LogP) is 4.66. The molecule has 0 radical (unpaired) electrons. The van der Waals surface area contributed by atoms with Crippen molar-refractivity contribution < 1.29 is 58.1 Å². The highest BCUT2D eigenvalue weighted by Gasteiger charge is 2.82. The third-order valence-corrected chi connectivity index (χ3v) is 3.62. The molecular formula is C12H15F11O2. The molecule has 1 N–H and O–H groups in total. The molecule has 2 nitrogen and oxygen atoms in total. The summed E-state index contributed by atoms with van der Waals surface area (Å²) in [5.41, 5.74) is -19.4. The van der Waals surface area contributed by atoms with Crippen molar-refractivity contribution in [2.45, 2.75) is 68.8 Å². The molecule has 0 aromatic carbocycles. The van der Waals surface area contributed by atoms with Gasteiger partial charge >= 0.3 is 24.1 Å². The maximum absolute atomic E-state index is 14.1. The number of alkyl halides is 11. The van der Waals surface area contributed by atoms with Gasteiger partial charge in [-0.3, -0.25) is 0 Å². The standard InChI is InChI=1S/C12H15F11O2/c1-6(2,13)9(15,11(19,20)21)12(22,23)25-7(3,4)8(14,5-24)10(16,17)18/h24H,5H2,1-4H3. The Morgan fingerprint density at radius 2 is 1.04 bits per heavy atom. The largest absolute Gasteiger partial charge is 0.434 e. The number of rotatable bonds is 6. The average molecular weight is 400 g/mol. The van der Waals surface area contributed by atoms with Crippen LogP contribution in [-0.2, 0) is 4.74 Å². The van der Waals surface area contributed by atoms with Crippen LogP contribution >= 0.6 is 0 Å². The van der Waals surface area contributed by atoms with E-state index in [0.717, 1.165) is 0 Å². The first kappa shape index (κ1) is 24.1. The minimum absolute atomic E-state index is 0.0906. The lowest BCUT2D eigenvalue weighted by molar-refractivity contribution is -0.443. The average Bonchev–Trinajstić information content (AvgIpc) is 2.30. The highest BCUT2D eigenvalue weighted by Crippen LogP contribution is 2.56. The van der Waals surface area contributed by atoms with Gasteiger partial charge in [0.2, 0.25) is 0 Å². The van der Waals surface area contributed by atoms with Crippen LogP contribution in [0.4, 0.5) is 48.3 Å². The number of hydrogen-bond acceptors (Lipinski definition) is 2. The molecule has 25 heavy (non-hydrogen) atoms. The van der Waals surface area contributed by atoms with Crippen molar-refractivity contribution in [1.82, 2.24) is 0 Å². The third-order valence-electron chi connectivity index (χ3n) is 3.62. The molecule has 0 aromatic rings. The van der Waals surface area contributed by atoms with Crippen molar-refractivity contribution >= 4 is 0 Å². The summed E-state index contributed by atoms with van der Waals surface area (Å²) in [6.07, 6.45) is -19.0. The minimum atomic E-state index is -6.64. The van der Waals surface area contributed by atoms with E-state index in [0.29, 0.717) is 0 Å². The van der Waals surface area contributed by atoms with E-state index in [1.165, 1.54) is 0 Å². The first-order chi connectivity index (χ1) is 10.5. The normalized spacial score (nSPS) is 20.2. The van der Waals surface area contributed by atoms with E-state index < -0.39 is 47.7 Å². The number of halogens is 11. The second kappa shape index (κ2) is 6.10. The predicted molar refractivity (Wildman–Crippen MR) is 62.2 cm³/mol. The topological polar surface area (TPSA) is 29.5 Å². The molecule has 13 heteroatoms. The summed E-state index contributed by atoms with van der Waals surface area (Å²) in [6, 6.07) is 0. The van der Waals surface area contributed by atoms with Crippen LogP contribution in [0.5, 0.6) is 0 Å². The SMILES string of the molecule is CC(C)(F)C(F)(C(F)(F)F)C(F)(F)OC(C)(C)C(F)(CO)C(F)(F)F. The molecule has 0 aliphatic heterocycles. The van der Waals surface area contributed by atoms with Crippen LogP contribution in [-0.4, -0.2) is 52.8 Å². The lowest BCUT2D eigenvalue weighted by Crippen LogP contribution is -2.70. The van der Waals surface area contributed by atoms with Gasteiger partial charge in [-0.05, 0) is 27.7 Å². The van der Waals surface area contributed by atoms with E-state index >= 15 is 0 Å². The Morgan fingerprint density at radius 1 is 0.680 bits per heavy atom. The van der Waals surface area contributed by atoms with Crippen molar-refractivity contribution in [3.63, 3.8) is 0 Å². The second-order valence-electron chi connectivity index (χ2n) is 6.21. The number of hydrogen-bond donors (Lipinski definition) is 1. The van der Waals surface area contributed by atoms with Gasteiger partial charge in [-0.25, -0.2) is 13.2 Å². The summed E-state index contributed by atoms with van der Waals surface area (Å²) in [7, 11) is 0. The van der Waals surface area contributed by atoms with Gasteiger partial charge < -0.3 is 9.84 Å². The summed E-state index contributed by atoms with van der Waals surface area (Å²) in [5, 5.41) is 8.57. The number of ether oxygens (including phenoxy) is 1. The van der Waals surface area contributed by atoms with E-state index in [4.69, 9.17) is 5.11 Å². The first-order valence-corrected chi connectivity index (χ1v) is 6.41. The molecule has 0 aliphatic carbocycles. The maximum Gasteiger partial charge on any atom is 0.434 e. The molecule has 0 aliphatic rings. The Morgan fingerprint density at radius 3 is 1.24 bits per heavy atom. The van der Waals surface area contributed by atoms with Crippen molar-refractivity contribution in [3.05, 3.63) is 0 Å². The quantitative estimate of drug-likeness (QED) is 0.658. The highest BCUT2D eigenvalue weighted by molar-refractivity contribution is 5.09. The summed E-state index contributed by atoms with van der Waals surface area (Å²) >= 11 is 0. The summed E-state index contributed by atoms with van der Waals surface area (Å²) < 4.78 is 149. The molecule has 2 atom stereocenters. The van der Waals surface area contributed by atoms with E-state index in [-0.39, 0.29) is 27.7 Å². The third kappa shape index (κ3) is 3.67. The molecule has 0 heterocycles. The molecule has 0 saturated heterocycles. The van der Waals surface area contributed by atoms with Crippen LogP contribution in [0.25, 0.3) is 0 Å². The fourth-order valence-electron chi connectivity index (χ4n) is 1.94. The van der Waals surface area contributed by atoms with E-state index in [9.17, 15) is 48.3 Å². The van der Waals surface area contributed by atoms with Crippen molar-refractivity contribution in [1.29, 1.82) is 0 Å². The Balaban J connectivity index is 6.29. The van der Waals surface area contributed by atoms with Crippen LogP contribution in [0, 0.1) is 0 Å². The van der Waals surface area contributed by atoms with Gasteiger partial charge in [0.25, 0.3) is 5.67 Å². The van der Waals surface area contributed by atoms with Crippen molar-refractivity contribution in [3.8, 4) is 0 Å². The van der Waals surface area contributed by atoms with E-state index in [1.807, 2.05) is 0 Å². The molecule has 0 aromatic heterocycles. The van der Waals surface area contributed by atoms with E-state index in [2.05, 4.69) is 4.74 Å². The fourth-order valence-corrected chi connectivity index (χ4v) is 1.94. The minimum Gasteiger partial charge on any atom is -0.393 e. The Labute approximate surface area is 134 Å². The van der Waals surface area contributed by atoms with Gasteiger partial charge in [0.1, 0.15) is 5.60 Å². The molecular weight excluding hydrogens is 385 g/mol. The van der Waals surface area contributed by atoms with Crippen molar-refractivity contribution in [2.24, 2.45) is 0 Å². The molecule has 0 saturated carbocycles. The van der Waals surface area contributed by atoms with Gasteiger partial charge in [-0.2, -0.15) is 35.1 Å². The number of aliphatic hydroxyl groups excluding tert-OH is 1.